The third-order valence-corrected chi connectivity index (χ3v) is 1.91. The standard InChI is InChI=1S/C12H21N/c1-5-8-11-13(4)12(9-6-2)10-7-3/h6-7,9-10H,2,5,8,11H2,1,3-4H3/b10-7-,12-9+. The average Bonchev–Trinajstić information content (AvgIpc) is 2.14. The van der Waals surface area contributed by atoms with Crippen molar-refractivity contribution in [3.63, 3.8) is 0 Å². The maximum absolute atomic E-state index is 3.71. The highest BCUT2D eigenvalue weighted by molar-refractivity contribution is 5.21. The van der Waals surface area contributed by atoms with Gasteiger partial charge in [0, 0.05) is 19.3 Å². The summed E-state index contributed by atoms with van der Waals surface area (Å²) in [6.45, 7) is 9.06. The number of allylic oxidation sites excluding steroid dienone is 4. The Labute approximate surface area is 82.4 Å². The molecule has 1 nitrogen and oxygen atoms in total. The van der Waals surface area contributed by atoms with Crippen LogP contribution in [-0.4, -0.2) is 18.5 Å². The molecule has 0 bridgehead atoms. The zero-order valence-electron chi connectivity index (χ0n) is 9.09. The molecule has 0 spiro atoms. The minimum Gasteiger partial charge on any atom is -0.375 e. The minimum atomic E-state index is 1.11. The molecule has 0 atom stereocenters. The van der Waals surface area contributed by atoms with Crippen LogP contribution in [0.3, 0.4) is 0 Å². The van der Waals surface area contributed by atoms with Gasteiger partial charge in [0.05, 0.1) is 0 Å². The Balaban J connectivity index is 4.19. The van der Waals surface area contributed by atoms with Gasteiger partial charge in [-0.3, -0.25) is 0 Å². The Bertz CT molecular complexity index is 189. The first-order valence-corrected chi connectivity index (χ1v) is 4.92. The molecular weight excluding hydrogens is 158 g/mol. The van der Waals surface area contributed by atoms with Crippen LogP contribution >= 0.6 is 0 Å². The molecule has 0 heterocycles. The zero-order chi connectivity index (χ0) is 10.1. The van der Waals surface area contributed by atoms with Gasteiger partial charge in [-0.05, 0) is 25.5 Å². The fourth-order valence-electron chi connectivity index (χ4n) is 1.13. The van der Waals surface area contributed by atoms with E-state index in [-0.39, 0.29) is 0 Å². The second kappa shape index (κ2) is 7.66. The number of likely N-dealkylation sites (N-methyl/N-ethyl adjacent to an activating group) is 1. The molecule has 0 aliphatic heterocycles. The Kier molecular flexibility index (Phi) is 7.08. The lowest BCUT2D eigenvalue weighted by Gasteiger charge is -2.19. The molecule has 0 aromatic rings. The van der Waals surface area contributed by atoms with Crippen LogP contribution in [0.15, 0.2) is 36.6 Å². The summed E-state index contributed by atoms with van der Waals surface area (Å²) in [5.74, 6) is 0. The molecule has 0 rings (SSSR count). The number of hydrogen-bond acceptors (Lipinski definition) is 1. The first-order valence-electron chi connectivity index (χ1n) is 4.92. The van der Waals surface area contributed by atoms with Crippen LogP contribution < -0.4 is 0 Å². The molecule has 0 amide bonds. The van der Waals surface area contributed by atoms with Crippen molar-refractivity contribution in [3.05, 3.63) is 36.6 Å². The van der Waals surface area contributed by atoms with Crippen molar-refractivity contribution in [2.45, 2.75) is 26.7 Å². The lowest BCUT2D eigenvalue weighted by Crippen LogP contribution is -2.17. The van der Waals surface area contributed by atoms with E-state index in [1.807, 2.05) is 19.1 Å². The summed E-state index contributed by atoms with van der Waals surface area (Å²) < 4.78 is 0. The largest absolute Gasteiger partial charge is 0.375 e. The summed E-state index contributed by atoms with van der Waals surface area (Å²) in [6.07, 6.45) is 10.5. The highest BCUT2D eigenvalue weighted by Gasteiger charge is 1.97. The normalized spacial score (nSPS) is 12.1. The molecule has 0 aliphatic rings. The van der Waals surface area contributed by atoms with Gasteiger partial charge in [0.15, 0.2) is 0 Å². The van der Waals surface area contributed by atoms with Gasteiger partial charge in [-0.15, -0.1) is 0 Å². The van der Waals surface area contributed by atoms with Crippen molar-refractivity contribution in [2.75, 3.05) is 13.6 Å². The Morgan fingerprint density at radius 2 is 2.15 bits per heavy atom. The van der Waals surface area contributed by atoms with E-state index in [4.69, 9.17) is 0 Å². The molecule has 0 saturated heterocycles. The van der Waals surface area contributed by atoms with Crippen molar-refractivity contribution in [3.8, 4) is 0 Å². The summed E-state index contributed by atoms with van der Waals surface area (Å²) >= 11 is 0. The summed E-state index contributed by atoms with van der Waals surface area (Å²) in [4.78, 5) is 2.26. The molecule has 0 radical (unpaired) electrons. The van der Waals surface area contributed by atoms with Gasteiger partial charge in [0.2, 0.25) is 0 Å². The summed E-state index contributed by atoms with van der Waals surface area (Å²) in [5, 5.41) is 0. The van der Waals surface area contributed by atoms with E-state index in [0.717, 1.165) is 6.54 Å². The Hall–Kier alpha value is -0.980. The van der Waals surface area contributed by atoms with E-state index in [1.54, 1.807) is 0 Å². The topological polar surface area (TPSA) is 3.24 Å². The van der Waals surface area contributed by atoms with E-state index in [1.165, 1.54) is 18.5 Å². The smallest absolute Gasteiger partial charge is 0.0360 e. The highest BCUT2D eigenvalue weighted by Crippen LogP contribution is 2.05. The lowest BCUT2D eigenvalue weighted by atomic mass is 10.2. The molecule has 1 heteroatoms. The molecule has 0 aromatic carbocycles. The van der Waals surface area contributed by atoms with E-state index < -0.39 is 0 Å². The molecule has 0 fully saturated rings. The number of nitrogens with zero attached hydrogens (tertiary/aromatic N) is 1. The van der Waals surface area contributed by atoms with Gasteiger partial charge < -0.3 is 4.90 Å². The van der Waals surface area contributed by atoms with Gasteiger partial charge in [-0.1, -0.05) is 32.1 Å². The summed E-state index contributed by atoms with van der Waals surface area (Å²) in [6, 6.07) is 0. The monoisotopic (exact) mass is 179 g/mol. The van der Waals surface area contributed by atoms with E-state index in [0.29, 0.717) is 0 Å². The van der Waals surface area contributed by atoms with Crippen molar-refractivity contribution in [1.29, 1.82) is 0 Å². The zero-order valence-corrected chi connectivity index (χ0v) is 9.09. The van der Waals surface area contributed by atoms with E-state index in [2.05, 4.69) is 37.6 Å². The van der Waals surface area contributed by atoms with Crippen molar-refractivity contribution in [1.82, 2.24) is 4.90 Å². The highest BCUT2D eigenvalue weighted by atomic mass is 15.1. The van der Waals surface area contributed by atoms with E-state index in [9.17, 15) is 0 Å². The van der Waals surface area contributed by atoms with Crippen LogP contribution in [0, 0.1) is 0 Å². The lowest BCUT2D eigenvalue weighted by molar-refractivity contribution is 0.418. The number of rotatable bonds is 6. The maximum Gasteiger partial charge on any atom is 0.0360 e. The quantitative estimate of drug-likeness (QED) is 0.565. The first kappa shape index (κ1) is 12.0. The maximum atomic E-state index is 3.71. The van der Waals surface area contributed by atoms with Crippen molar-refractivity contribution < 1.29 is 0 Å². The second-order valence-corrected chi connectivity index (χ2v) is 3.10. The third-order valence-electron chi connectivity index (χ3n) is 1.91. The SMILES string of the molecule is C=C/C=C(\C=C/C)N(C)CCCC. The van der Waals surface area contributed by atoms with Gasteiger partial charge >= 0.3 is 0 Å². The van der Waals surface area contributed by atoms with Crippen LogP contribution in [0.1, 0.15) is 26.7 Å². The third kappa shape index (κ3) is 5.29. The molecule has 0 saturated carbocycles. The second-order valence-electron chi connectivity index (χ2n) is 3.10. The van der Waals surface area contributed by atoms with Gasteiger partial charge in [-0.2, -0.15) is 0 Å². The van der Waals surface area contributed by atoms with Crippen LogP contribution in [0.25, 0.3) is 0 Å². The fraction of sp³-hybridized carbons (Fsp3) is 0.500. The Morgan fingerprint density at radius 3 is 2.62 bits per heavy atom. The molecule has 0 N–H and O–H groups in total. The summed E-state index contributed by atoms with van der Waals surface area (Å²) in [5.41, 5.74) is 1.23. The Morgan fingerprint density at radius 1 is 1.46 bits per heavy atom. The van der Waals surface area contributed by atoms with Gasteiger partial charge in [0.25, 0.3) is 0 Å². The molecule has 0 aliphatic carbocycles. The van der Waals surface area contributed by atoms with Crippen molar-refractivity contribution in [2.24, 2.45) is 0 Å². The van der Waals surface area contributed by atoms with Gasteiger partial charge in [-0.25, -0.2) is 0 Å². The fourth-order valence-corrected chi connectivity index (χ4v) is 1.13. The van der Waals surface area contributed by atoms with Crippen molar-refractivity contribution >= 4 is 0 Å². The number of unbranched alkanes of at least 4 members (excludes halogenated alkanes) is 1. The predicted octanol–water partition coefficient (Wildman–Crippen LogP) is 3.36. The molecular formula is C12H21N. The first-order chi connectivity index (χ1) is 6.26. The molecule has 74 valence electrons. The number of hydrogen-bond donors (Lipinski definition) is 0. The van der Waals surface area contributed by atoms with Crippen LogP contribution in [-0.2, 0) is 0 Å². The molecule has 0 unspecified atom stereocenters. The molecule has 0 aromatic heterocycles. The van der Waals surface area contributed by atoms with E-state index >= 15 is 0 Å². The summed E-state index contributed by atoms with van der Waals surface area (Å²) in [7, 11) is 2.12. The van der Waals surface area contributed by atoms with Crippen LogP contribution in [0.2, 0.25) is 0 Å². The van der Waals surface area contributed by atoms with Gasteiger partial charge in [0.1, 0.15) is 0 Å². The average molecular weight is 179 g/mol. The van der Waals surface area contributed by atoms with Crippen LogP contribution in [0.4, 0.5) is 0 Å². The minimum absolute atomic E-state index is 1.11. The molecule has 13 heavy (non-hydrogen) atoms. The predicted molar refractivity (Wildman–Crippen MR) is 60.6 cm³/mol. The van der Waals surface area contributed by atoms with Crippen LogP contribution in [0.5, 0.6) is 0 Å².